The van der Waals surface area contributed by atoms with Crippen molar-refractivity contribution >= 4 is 22.8 Å². The van der Waals surface area contributed by atoms with Gasteiger partial charge >= 0.3 is 5.97 Å². The van der Waals surface area contributed by atoms with E-state index >= 15 is 0 Å². The van der Waals surface area contributed by atoms with Gasteiger partial charge in [0.15, 0.2) is 0 Å². The Morgan fingerprint density at radius 3 is 2.96 bits per heavy atom. The Labute approximate surface area is 162 Å². The Morgan fingerprint density at radius 1 is 1.43 bits per heavy atom. The Hall–Kier alpha value is -2.96. The van der Waals surface area contributed by atoms with Crippen molar-refractivity contribution in [1.82, 2.24) is 14.5 Å². The summed E-state index contributed by atoms with van der Waals surface area (Å²) < 4.78 is 15.9. The molecule has 2 heterocycles. The first-order valence-electron chi connectivity index (χ1n) is 9.58. The van der Waals surface area contributed by atoms with Crippen LogP contribution in [0, 0.1) is 12.7 Å². The van der Waals surface area contributed by atoms with Crippen molar-refractivity contribution in [1.29, 1.82) is 0 Å². The van der Waals surface area contributed by atoms with Crippen LogP contribution in [0.15, 0.2) is 30.5 Å². The standard InChI is InChI=1S/C21H23FN4O2/c1-3-17(20(27)28)26-18-6-4-13(22)10-15(18)16-11-14(5-7-19(16)26)25-21-23-9-8-12(2)24-21/h4,6,8-10,14,17H,3,5,7,11H2,1-2H3,(H,27,28)(H,23,24,25). The van der Waals surface area contributed by atoms with Crippen molar-refractivity contribution in [2.75, 3.05) is 5.32 Å². The topological polar surface area (TPSA) is 80.0 Å². The molecule has 3 aromatic rings. The van der Waals surface area contributed by atoms with E-state index in [-0.39, 0.29) is 11.9 Å². The molecule has 146 valence electrons. The second-order valence-electron chi connectivity index (χ2n) is 7.32. The van der Waals surface area contributed by atoms with Crippen molar-refractivity contribution in [3.8, 4) is 0 Å². The van der Waals surface area contributed by atoms with Crippen LogP contribution in [0.5, 0.6) is 0 Å². The third-order valence-electron chi connectivity index (χ3n) is 5.47. The Balaban J connectivity index is 1.75. The molecule has 7 heteroatoms. The van der Waals surface area contributed by atoms with Gasteiger partial charge in [-0.05, 0) is 62.4 Å². The van der Waals surface area contributed by atoms with E-state index in [0.717, 1.165) is 40.7 Å². The van der Waals surface area contributed by atoms with Crippen LogP contribution in [-0.2, 0) is 17.6 Å². The fourth-order valence-electron chi connectivity index (χ4n) is 4.21. The minimum Gasteiger partial charge on any atom is -0.480 e. The van der Waals surface area contributed by atoms with Gasteiger partial charge in [0.2, 0.25) is 5.95 Å². The fourth-order valence-corrected chi connectivity index (χ4v) is 4.21. The van der Waals surface area contributed by atoms with E-state index in [9.17, 15) is 14.3 Å². The lowest BCUT2D eigenvalue weighted by Crippen LogP contribution is -2.30. The number of fused-ring (bicyclic) bond motifs is 3. The number of aliphatic carboxylic acids is 1. The normalized spacial score (nSPS) is 17.3. The molecule has 28 heavy (non-hydrogen) atoms. The molecule has 2 N–H and O–H groups in total. The molecule has 0 fully saturated rings. The lowest BCUT2D eigenvalue weighted by atomic mass is 9.91. The van der Waals surface area contributed by atoms with Crippen molar-refractivity contribution in [3.63, 3.8) is 0 Å². The quantitative estimate of drug-likeness (QED) is 0.700. The molecule has 2 aromatic heterocycles. The van der Waals surface area contributed by atoms with Gasteiger partial charge in [0.1, 0.15) is 11.9 Å². The number of aryl methyl sites for hydroxylation is 1. The number of halogens is 1. The molecule has 0 aliphatic heterocycles. The van der Waals surface area contributed by atoms with Gasteiger partial charge in [-0.25, -0.2) is 19.2 Å². The molecular formula is C21H23FN4O2. The van der Waals surface area contributed by atoms with Crippen LogP contribution in [0.1, 0.15) is 42.8 Å². The largest absolute Gasteiger partial charge is 0.480 e. The molecule has 6 nitrogen and oxygen atoms in total. The lowest BCUT2D eigenvalue weighted by Gasteiger charge is -2.26. The number of carbonyl (C=O) groups is 1. The number of nitrogens with zero attached hydrogens (tertiary/aromatic N) is 3. The number of hydrogen-bond donors (Lipinski definition) is 2. The van der Waals surface area contributed by atoms with Gasteiger partial charge in [-0.3, -0.25) is 0 Å². The third-order valence-corrected chi connectivity index (χ3v) is 5.47. The van der Waals surface area contributed by atoms with Gasteiger partial charge in [0, 0.05) is 34.5 Å². The van der Waals surface area contributed by atoms with Crippen LogP contribution in [0.2, 0.25) is 0 Å². The van der Waals surface area contributed by atoms with E-state index in [1.165, 1.54) is 12.1 Å². The Kier molecular flexibility index (Phi) is 4.75. The molecular weight excluding hydrogens is 359 g/mol. The summed E-state index contributed by atoms with van der Waals surface area (Å²) in [7, 11) is 0. The SMILES string of the molecule is CCC(C(=O)O)n1c2c(c3cc(F)ccc31)CC(Nc1nccc(C)n1)CC2. The van der Waals surface area contributed by atoms with Crippen LogP contribution in [-0.4, -0.2) is 31.7 Å². The summed E-state index contributed by atoms with van der Waals surface area (Å²) in [5.74, 6) is -0.590. The maximum absolute atomic E-state index is 14.0. The van der Waals surface area contributed by atoms with Gasteiger partial charge in [-0.15, -0.1) is 0 Å². The molecule has 0 saturated carbocycles. The van der Waals surface area contributed by atoms with E-state index in [1.54, 1.807) is 12.3 Å². The molecule has 0 saturated heterocycles. The van der Waals surface area contributed by atoms with Crippen LogP contribution < -0.4 is 5.32 Å². The highest BCUT2D eigenvalue weighted by atomic mass is 19.1. The summed E-state index contributed by atoms with van der Waals surface area (Å²) >= 11 is 0. The van der Waals surface area contributed by atoms with Crippen LogP contribution in [0.25, 0.3) is 10.9 Å². The maximum atomic E-state index is 14.0. The lowest BCUT2D eigenvalue weighted by molar-refractivity contribution is -0.140. The molecule has 1 aliphatic rings. The minimum absolute atomic E-state index is 0.113. The number of anilines is 1. The smallest absolute Gasteiger partial charge is 0.326 e. The predicted molar refractivity (Wildman–Crippen MR) is 105 cm³/mol. The van der Waals surface area contributed by atoms with E-state index < -0.39 is 12.0 Å². The summed E-state index contributed by atoms with van der Waals surface area (Å²) in [5, 5.41) is 13.9. The van der Waals surface area contributed by atoms with Gasteiger partial charge < -0.3 is 15.0 Å². The number of benzene rings is 1. The average molecular weight is 382 g/mol. The van der Waals surface area contributed by atoms with Crippen LogP contribution in [0.4, 0.5) is 10.3 Å². The average Bonchev–Trinajstić information content (AvgIpc) is 2.95. The summed E-state index contributed by atoms with van der Waals surface area (Å²) in [6, 6.07) is 5.92. The van der Waals surface area contributed by atoms with Gasteiger partial charge in [-0.1, -0.05) is 6.92 Å². The second-order valence-corrected chi connectivity index (χ2v) is 7.32. The highest BCUT2D eigenvalue weighted by Gasteiger charge is 2.30. The first-order chi connectivity index (χ1) is 13.5. The molecule has 0 amide bonds. The molecule has 4 rings (SSSR count). The summed E-state index contributed by atoms with van der Waals surface area (Å²) in [6.45, 7) is 3.78. The van der Waals surface area contributed by atoms with Crippen LogP contribution in [0.3, 0.4) is 0 Å². The first kappa shape index (κ1) is 18.4. The molecule has 0 bridgehead atoms. The second kappa shape index (κ2) is 7.22. The van der Waals surface area contributed by atoms with Crippen molar-refractivity contribution in [2.24, 2.45) is 0 Å². The van der Waals surface area contributed by atoms with Crippen molar-refractivity contribution < 1.29 is 14.3 Å². The molecule has 0 radical (unpaired) electrons. The van der Waals surface area contributed by atoms with Crippen LogP contribution >= 0.6 is 0 Å². The number of hydrogen-bond acceptors (Lipinski definition) is 4. The molecule has 0 spiro atoms. The molecule has 1 aromatic carbocycles. The fraction of sp³-hybridized carbons (Fsp3) is 0.381. The van der Waals surface area contributed by atoms with Gasteiger partial charge in [0.05, 0.1) is 0 Å². The molecule has 1 aliphatic carbocycles. The summed E-state index contributed by atoms with van der Waals surface area (Å²) in [5.41, 5.74) is 3.69. The highest BCUT2D eigenvalue weighted by Crippen LogP contribution is 2.36. The molecule has 2 unspecified atom stereocenters. The third kappa shape index (κ3) is 3.21. The molecule has 2 atom stereocenters. The number of carboxylic acid groups (broad SMARTS) is 1. The highest BCUT2D eigenvalue weighted by molar-refractivity contribution is 5.88. The number of nitrogens with one attached hydrogen (secondary N) is 1. The monoisotopic (exact) mass is 382 g/mol. The van der Waals surface area contributed by atoms with E-state index in [0.29, 0.717) is 18.8 Å². The maximum Gasteiger partial charge on any atom is 0.326 e. The number of carboxylic acids is 1. The first-order valence-corrected chi connectivity index (χ1v) is 9.58. The minimum atomic E-state index is -0.861. The van der Waals surface area contributed by atoms with E-state index in [4.69, 9.17) is 0 Å². The zero-order chi connectivity index (χ0) is 19.8. The Bertz CT molecular complexity index is 1050. The van der Waals surface area contributed by atoms with Gasteiger partial charge in [-0.2, -0.15) is 0 Å². The number of aromatic nitrogens is 3. The van der Waals surface area contributed by atoms with Gasteiger partial charge in [0.25, 0.3) is 0 Å². The zero-order valence-electron chi connectivity index (χ0n) is 15.9. The predicted octanol–water partition coefficient (Wildman–Crippen LogP) is 3.88. The Morgan fingerprint density at radius 2 is 2.25 bits per heavy atom. The summed E-state index contributed by atoms with van der Waals surface area (Å²) in [4.78, 5) is 20.5. The van der Waals surface area contributed by atoms with E-state index in [1.807, 2.05) is 24.5 Å². The van der Waals surface area contributed by atoms with Crippen molar-refractivity contribution in [2.45, 2.75) is 51.6 Å². The summed E-state index contributed by atoms with van der Waals surface area (Å²) in [6.07, 6.45) is 4.42. The van der Waals surface area contributed by atoms with E-state index in [2.05, 4.69) is 15.3 Å². The number of rotatable bonds is 5. The van der Waals surface area contributed by atoms with Crippen molar-refractivity contribution in [3.05, 3.63) is 53.2 Å². The zero-order valence-corrected chi connectivity index (χ0v) is 15.9.